The highest BCUT2D eigenvalue weighted by atomic mass is 35.5. The molecule has 0 aliphatic heterocycles. The van der Waals surface area contributed by atoms with Crippen molar-refractivity contribution < 1.29 is 0 Å². The predicted octanol–water partition coefficient (Wildman–Crippen LogP) is 2.86. The normalized spacial score (nSPS) is 11.5. The Morgan fingerprint density at radius 1 is 0.645 bits per heavy atom. The van der Waals surface area contributed by atoms with Crippen LogP contribution in [0.1, 0.15) is 16.7 Å². The summed E-state index contributed by atoms with van der Waals surface area (Å²) < 4.78 is 0. The van der Waals surface area contributed by atoms with Crippen LogP contribution < -0.4 is 27.2 Å². The number of hydrazine groups is 1. The van der Waals surface area contributed by atoms with Crippen molar-refractivity contribution in [2.24, 2.45) is 5.73 Å². The molecule has 0 heterocycles. The van der Waals surface area contributed by atoms with Crippen LogP contribution >= 0.6 is 11.6 Å². The minimum Gasteiger partial charge on any atom is -0.329 e. The van der Waals surface area contributed by atoms with Gasteiger partial charge in [0.15, 0.2) is 0 Å². The molecule has 0 saturated carbocycles. The molecule has 0 bridgehead atoms. The molecule has 6 N–H and O–H groups in total. The Morgan fingerprint density at radius 3 is 1.74 bits per heavy atom. The SMILES string of the molecule is NCCNCCNCCNNC(c1ccccc1)(c1ccccc1)c1ccccc1Cl. The van der Waals surface area contributed by atoms with Crippen LogP contribution in [0.25, 0.3) is 0 Å². The minimum atomic E-state index is -0.635. The van der Waals surface area contributed by atoms with Gasteiger partial charge in [0, 0.05) is 49.9 Å². The molecule has 0 atom stereocenters. The van der Waals surface area contributed by atoms with Crippen LogP contribution in [0.2, 0.25) is 5.02 Å². The van der Waals surface area contributed by atoms with Crippen molar-refractivity contribution in [2.45, 2.75) is 5.54 Å². The van der Waals surface area contributed by atoms with Crippen LogP contribution in [-0.4, -0.2) is 39.3 Å². The number of nitrogens with one attached hydrogen (secondary N) is 4. The summed E-state index contributed by atoms with van der Waals surface area (Å²) in [5.74, 6) is 0. The van der Waals surface area contributed by atoms with Crippen molar-refractivity contribution in [3.8, 4) is 0 Å². The predicted molar refractivity (Wildman–Crippen MR) is 130 cm³/mol. The van der Waals surface area contributed by atoms with Crippen molar-refractivity contribution in [1.82, 2.24) is 21.5 Å². The molecular formula is C25H32ClN5. The Balaban J connectivity index is 1.82. The maximum absolute atomic E-state index is 6.74. The standard InChI is InChI=1S/C25H32ClN5/c26-24-14-8-7-13-23(24)25(21-9-3-1-4-10-21,22-11-5-2-6-12-22)31-30-20-19-29-18-17-28-16-15-27/h1-14,28-31H,15-20,27H2. The van der Waals surface area contributed by atoms with Crippen molar-refractivity contribution in [3.05, 3.63) is 107 Å². The first-order valence-electron chi connectivity index (χ1n) is 10.8. The summed E-state index contributed by atoms with van der Waals surface area (Å²) in [7, 11) is 0. The highest BCUT2D eigenvalue weighted by molar-refractivity contribution is 6.31. The minimum absolute atomic E-state index is 0.635. The van der Waals surface area contributed by atoms with Gasteiger partial charge in [0.05, 0.1) is 0 Å². The highest BCUT2D eigenvalue weighted by Gasteiger charge is 2.37. The molecule has 0 aliphatic rings. The van der Waals surface area contributed by atoms with Crippen molar-refractivity contribution in [1.29, 1.82) is 0 Å². The Bertz CT molecular complexity index is 849. The van der Waals surface area contributed by atoms with Crippen molar-refractivity contribution in [3.63, 3.8) is 0 Å². The zero-order valence-corrected chi connectivity index (χ0v) is 18.5. The maximum atomic E-state index is 6.74. The number of hydrogen-bond donors (Lipinski definition) is 5. The van der Waals surface area contributed by atoms with Crippen LogP contribution in [0.3, 0.4) is 0 Å². The summed E-state index contributed by atoms with van der Waals surface area (Å²) in [4.78, 5) is 0. The van der Waals surface area contributed by atoms with E-state index in [9.17, 15) is 0 Å². The summed E-state index contributed by atoms with van der Waals surface area (Å²) in [5.41, 5.74) is 15.1. The molecule has 3 rings (SSSR count). The summed E-state index contributed by atoms with van der Waals surface area (Å²) in [6.07, 6.45) is 0. The van der Waals surface area contributed by atoms with Gasteiger partial charge in [-0.2, -0.15) is 0 Å². The molecule has 3 aromatic carbocycles. The maximum Gasteiger partial charge on any atom is 0.109 e. The first kappa shape index (κ1) is 23.4. The highest BCUT2D eigenvalue weighted by Crippen LogP contribution is 2.39. The molecule has 5 nitrogen and oxygen atoms in total. The molecule has 0 fully saturated rings. The van der Waals surface area contributed by atoms with Gasteiger partial charge in [0.25, 0.3) is 0 Å². The second-order valence-corrected chi connectivity index (χ2v) is 7.71. The molecule has 0 unspecified atom stereocenters. The average Bonchev–Trinajstić information content (AvgIpc) is 2.82. The van der Waals surface area contributed by atoms with E-state index in [1.165, 1.54) is 0 Å². The molecule has 164 valence electrons. The lowest BCUT2D eigenvalue weighted by Gasteiger charge is -2.37. The first-order valence-corrected chi connectivity index (χ1v) is 11.1. The molecule has 6 heteroatoms. The number of nitrogens with two attached hydrogens (primary N) is 1. The third-order valence-electron chi connectivity index (χ3n) is 5.19. The molecule has 31 heavy (non-hydrogen) atoms. The van der Waals surface area contributed by atoms with Gasteiger partial charge in [0.1, 0.15) is 5.54 Å². The van der Waals surface area contributed by atoms with E-state index in [4.69, 9.17) is 17.3 Å². The van der Waals surface area contributed by atoms with Gasteiger partial charge in [-0.3, -0.25) is 5.43 Å². The molecule has 0 saturated heterocycles. The summed E-state index contributed by atoms with van der Waals surface area (Å²) >= 11 is 6.74. The Hall–Kier alpha value is -2.25. The monoisotopic (exact) mass is 437 g/mol. The van der Waals surface area contributed by atoms with Crippen molar-refractivity contribution >= 4 is 11.6 Å². The fraction of sp³-hybridized carbons (Fsp3) is 0.280. The topological polar surface area (TPSA) is 74.1 Å². The molecular weight excluding hydrogens is 406 g/mol. The zero-order chi connectivity index (χ0) is 21.8. The summed E-state index contributed by atoms with van der Waals surface area (Å²) in [5, 5.41) is 7.43. The first-order chi connectivity index (χ1) is 15.3. The van der Waals surface area contributed by atoms with Crippen LogP contribution in [0, 0.1) is 0 Å². The van der Waals surface area contributed by atoms with E-state index in [1.54, 1.807) is 0 Å². The molecule has 0 radical (unpaired) electrons. The van der Waals surface area contributed by atoms with E-state index in [1.807, 2.05) is 30.3 Å². The van der Waals surface area contributed by atoms with Gasteiger partial charge in [-0.15, -0.1) is 0 Å². The fourth-order valence-electron chi connectivity index (χ4n) is 3.71. The van der Waals surface area contributed by atoms with Gasteiger partial charge in [-0.05, 0) is 17.2 Å². The van der Waals surface area contributed by atoms with E-state index < -0.39 is 5.54 Å². The Morgan fingerprint density at radius 2 is 1.16 bits per heavy atom. The molecule has 0 amide bonds. The van der Waals surface area contributed by atoms with Gasteiger partial charge in [-0.1, -0.05) is 90.5 Å². The summed E-state index contributed by atoms with van der Waals surface area (Å²) in [6, 6.07) is 28.8. The zero-order valence-electron chi connectivity index (χ0n) is 17.8. The fourth-order valence-corrected chi connectivity index (χ4v) is 3.98. The van der Waals surface area contributed by atoms with E-state index >= 15 is 0 Å². The number of benzene rings is 3. The second-order valence-electron chi connectivity index (χ2n) is 7.30. The lowest BCUT2D eigenvalue weighted by molar-refractivity contribution is 0.388. The third kappa shape index (κ3) is 6.14. The lowest BCUT2D eigenvalue weighted by Crippen LogP contribution is -2.53. The molecule has 3 aromatic rings. The number of hydrogen-bond acceptors (Lipinski definition) is 5. The Kier molecular flexibility index (Phi) is 9.49. The third-order valence-corrected chi connectivity index (χ3v) is 5.52. The number of halogens is 1. The molecule has 0 spiro atoms. The smallest absolute Gasteiger partial charge is 0.109 e. The van der Waals surface area contributed by atoms with E-state index in [-0.39, 0.29) is 0 Å². The van der Waals surface area contributed by atoms with Gasteiger partial charge < -0.3 is 16.4 Å². The lowest BCUT2D eigenvalue weighted by atomic mass is 9.77. The van der Waals surface area contributed by atoms with Crippen molar-refractivity contribution in [2.75, 3.05) is 39.3 Å². The van der Waals surface area contributed by atoms with E-state index in [0.29, 0.717) is 11.6 Å². The average molecular weight is 438 g/mol. The quantitative estimate of drug-likeness (QED) is 0.161. The van der Waals surface area contributed by atoms with E-state index in [0.717, 1.165) is 49.4 Å². The Labute approximate surface area is 190 Å². The second kappa shape index (κ2) is 12.6. The van der Waals surface area contributed by atoms with Crippen LogP contribution in [0.4, 0.5) is 0 Å². The van der Waals surface area contributed by atoms with Gasteiger partial charge >= 0.3 is 0 Å². The summed E-state index contributed by atoms with van der Waals surface area (Å²) in [6.45, 7) is 4.89. The molecule has 0 aliphatic carbocycles. The molecule has 0 aromatic heterocycles. The largest absolute Gasteiger partial charge is 0.329 e. The van der Waals surface area contributed by atoms with Crippen LogP contribution in [-0.2, 0) is 5.54 Å². The van der Waals surface area contributed by atoms with Crippen LogP contribution in [0.15, 0.2) is 84.9 Å². The van der Waals surface area contributed by atoms with Crippen LogP contribution in [0.5, 0.6) is 0 Å². The van der Waals surface area contributed by atoms with Gasteiger partial charge in [0.2, 0.25) is 0 Å². The number of rotatable bonds is 13. The van der Waals surface area contributed by atoms with Gasteiger partial charge in [-0.25, -0.2) is 5.43 Å². The van der Waals surface area contributed by atoms with E-state index in [2.05, 4.69) is 76.1 Å².